The van der Waals surface area contributed by atoms with Crippen molar-refractivity contribution in [1.29, 1.82) is 0 Å². The van der Waals surface area contributed by atoms with Crippen molar-refractivity contribution in [2.24, 2.45) is 11.8 Å². The highest BCUT2D eigenvalue weighted by Crippen LogP contribution is 2.44. The summed E-state index contributed by atoms with van der Waals surface area (Å²) in [6.45, 7) is 4.23. The number of nitrogens with one attached hydrogen (secondary N) is 2. The molecule has 0 radical (unpaired) electrons. The molecule has 2 aliphatic rings. The maximum atomic E-state index is 5.46. The molecule has 0 saturated heterocycles. The van der Waals surface area contributed by atoms with E-state index in [9.17, 15) is 0 Å². The molecular weight excluding hydrogens is 252 g/mol. The van der Waals surface area contributed by atoms with Crippen LogP contribution in [0.15, 0.2) is 18.2 Å². The first-order valence-electron chi connectivity index (χ1n) is 7.26. The third-order valence-corrected chi connectivity index (χ3v) is 4.90. The highest BCUT2D eigenvalue weighted by atomic mass is 32.1. The maximum Gasteiger partial charge on any atom is 0.171 e. The molecule has 3 heteroatoms. The van der Waals surface area contributed by atoms with Gasteiger partial charge >= 0.3 is 0 Å². The van der Waals surface area contributed by atoms with Gasteiger partial charge in [-0.1, -0.05) is 24.1 Å². The van der Waals surface area contributed by atoms with Gasteiger partial charge in [-0.05, 0) is 68.8 Å². The molecule has 2 bridgehead atoms. The zero-order valence-electron chi connectivity index (χ0n) is 11.7. The summed E-state index contributed by atoms with van der Waals surface area (Å²) >= 11 is 5.46. The molecule has 2 saturated carbocycles. The average molecular weight is 274 g/mol. The Kier molecular flexibility index (Phi) is 3.48. The molecule has 2 aliphatic carbocycles. The molecule has 3 atom stereocenters. The van der Waals surface area contributed by atoms with Crippen LogP contribution in [0, 0.1) is 25.7 Å². The molecule has 0 unspecified atom stereocenters. The van der Waals surface area contributed by atoms with Gasteiger partial charge in [-0.3, -0.25) is 0 Å². The molecule has 2 fully saturated rings. The Bertz CT molecular complexity index is 498. The van der Waals surface area contributed by atoms with E-state index in [2.05, 4.69) is 42.7 Å². The van der Waals surface area contributed by atoms with Gasteiger partial charge in [0, 0.05) is 11.7 Å². The smallest absolute Gasteiger partial charge is 0.171 e. The van der Waals surface area contributed by atoms with Gasteiger partial charge in [-0.25, -0.2) is 0 Å². The molecule has 3 rings (SSSR count). The molecule has 2 N–H and O–H groups in total. The fraction of sp³-hybridized carbons (Fsp3) is 0.562. The van der Waals surface area contributed by atoms with Crippen LogP contribution in [0.5, 0.6) is 0 Å². The fourth-order valence-corrected chi connectivity index (χ4v) is 3.96. The summed E-state index contributed by atoms with van der Waals surface area (Å²) in [5.74, 6) is 1.80. The minimum Gasteiger partial charge on any atom is -0.359 e. The average Bonchev–Trinajstić information content (AvgIpc) is 2.95. The molecule has 19 heavy (non-hydrogen) atoms. The van der Waals surface area contributed by atoms with Gasteiger partial charge < -0.3 is 10.6 Å². The third-order valence-electron chi connectivity index (χ3n) is 4.68. The Morgan fingerprint density at radius 1 is 1.21 bits per heavy atom. The first kappa shape index (κ1) is 12.9. The molecular formula is C16H22N2S. The van der Waals surface area contributed by atoms with Gasteiger partial charge in [-0.2, -0.15) is 0 Å². The molecule has 0 amide bonds. The lowest BCUT2D eigenvalue weighted by molar-refractivity contribution is 0.392. The minimum atomic E-state index is 0.601. The molecule has 0 aromatic heterocycles. The Morgan fingerprint density at radius 2 is 2.05 bits per heavy atom. The molecule has 1 aromatic rings. The van der Waals surface area contributed by atoms with Crippen molar-refractivity contribution in [2.75, 3.05) is 5.32 Å². The summed E-state index contributed by atoms with van der Waals surface area (Å²) < 4.78 is 0. The van der Waals surface area contributed by atoms with Crippen LogP contribution in [-0.2, 0) is 0 Å². The zero-order chi connectivity index (χ0) is 13.4. The van der Waals surface area contributed by atoms with E-state index in [1.54, 1.807) is 0 Å². The monoisotopic (exact) mass is 274 g/mol. The van der Waals surface area contributed by atoms with E-state index >= 15 is 0 Å². The van der Waals surface area contributed by atoms with E-state index in [1.807, 2.05) is 0 Å². The minimum absolute atomic E-state index is 0.601. The first-order valence-corrected chi connectivity index (χ1v) is 7.67. The lowest BCUT2D eigenvalue weighted by atomic mass is 9.95. The summed E-state index contributed by atoms with van der Waals surface area (Å²) in [6, 6.07) is 7.02. The third kappa shape index (κ3) is 2.76. The maximum absolute atomic E-state index is 5.46. The van der Waals surface area contributed by atoms with Crippen LogP contribution in [0.1, 0.15) is 36.8 Å². The van der Waals surface area contributed by atoms with Crippen LogP contribution >= 0.6 is 12.2 Å². The summed E-state index contributed by atoms with van der Waals surface area (Å²) in [4.78, 5) is 0. The summed E-state index contributed by atoms with van der Waals surface area (Å²) in [5.41, 5.74) is 3.65. The number of thiocarbonyl (C=S) groups is 1. The number of benzene rings is 1. The molecule has 1 aromatic carbocycles. The molecule has 2 nitrogen and oxygen atoms in total. The summed E-state index contributed by atoms with van der Waals surface area (Å²) in [6.07, 6.45) is 5.53. The standard InChI is InChI=1S/C16H22N2S/c1-10-3-6-14(11(2)7-10)17-16(19)18-15-9-12-4-5-13(15)8-12/h3,6-7,12-13,15H,4-5,8-9H2,1-2H3,(H2,17,18,19)/t12-,13+,15+/m0/s1. The molecule has 102 valence electrons. The van der Waals surface area contributed by atoms with Crippen LogP contribution in [0.4, 0.5) is 5.69 Å². The topological polar surface area (TPSA) is 24.1 Å². The SMILES string of the molecule is Cc1ccc(NC(=S)N[C@@H]2C[C@H]3CC[C@@H]2C3)c(C)c1. The van der Waals surface area contributed by atoms with Crippen LogP contribution in [-0.4, -0.2) is 11.2 Å². The normalized spacial score (nSPS) is 28.4. The number of aryl methyl sites for hydroxylation is 2. The van der Waals surface area contributed by atoms with E-state index in [0.717, 1.165) is 22.6 Å². The molecule has 0 heterocycles. The van der Waals surface area contributed by atoms with Crippen molar-refractivity contribution >= 4 is 23.0 Å². The van der Waals surface area contributed by atoms with Crippen molar-refractivity contribution in [3.8, 4) is 0 Å². The van der Waals surface area contributed by atoms with Crippen molar-refractivity contribution < 1.29 is 0 Å². The van der Waals surface area contributed by atoms with E-state index < -0.39 is 0 Å². The number of rotatable bonds is 2. The van der Waals surface area contributed by atoms with Gasteiger partial charge in [0.25, 0.3) is 0 Å². The van der Waals surface area contributed by atoms with Crippen LogP contribution < -0.4 is 10.6 Å². The largest absolute Gasteiger partial charge is 0.359 e. The second kappa shape index (κ2) is 5.12. The predicted octanol–water partition coefficient (Wildman–Crippen LogP) is 3.78. The van der Waals surface area contributed by atoms with Gasteiger partial charge in [0.1, 0.15) is 0 Å². The van der Waals surface area contributed by atoms with Gasteiger partial charge in [-0.15, -0.1) is 0 Å². The highest BCUT2D eigenvalue weighted by Gasteiger charge is 2.39. The van der Waals surface area contributed by atoms with Crippen molar-refractivity contribution in [2.45, 2.75) is 45.6 Å². The second-order valence-corrected chi connectivity index (χ2v) is 6.61. The van der Waals surface area contributed by atoms with E-state index in [0.29, 0.717) is 6.04 Å². The fourth-order valence-electron chi connectivity index (χ4n) is 3.70. The van der Waals surface area contributed by atoms with E-state index in [1.165, 1.54) is 36.8 Å². The summed E-state index contributed by atoms with van der Waals surface area (Å²) in [5, 5.41) is 7.65. The van der Waals surface area contributed by atoms with E-state index in [-0.39, 0.29) is 0 Å². The van der Waals surface area contributed by atoms with Gasteiger partial charge in [0.2, 0.25) is 0 Å². The quantitative estimate of drug-likeness (QED) is 0.803. The van der Waals surface area contributed by atoms with Crippen LogP contribution in [0.25, 0.3) is 0 Å². The van der Waals surface area contributed by atoms with Crippen molar-refractivity contribution in [1.82, 2.24) is 5.32 Å². The van der Waals surface area contributed by atoms with Crippen LogP contribution in [0.3, 0.4) is 0 Å². The first-order chi connectivity index (χ1) is 9.11. The van der Waals surface area contributed by atoms with Crippen LogP contribution in [0.2, 0.25) is 0 Å². The lowest BCUT2D eigenvalue weighted by Crippen LogP contribution is -2.40. The van der Waals surface area contributed by atoms with Gasteiger partial charge in [0.05, 0.1) is 0 Å². The van der Waals surface area contributed by atoms with Crippen molar-refractivity contribution in [3.63, 3.8) is 0 Å². The van der Waals surface area contributed by atoms with Gasteiger partial charge in [0.15, 0.2) is 5.11 Å². The Hall–Kier alpha value is -1.09. The molecule has 0 spiro atoms. The second-order valence-electron chi connectivity index (χ2n) is 6.20. The Morgan fingerprint density at radius 3 is 2.68 bits per heavy atom. The zero-order valence-corrected chi connectivity index (χ0v) is 12.5. The Labute approximate surface area is 121 Å². The lowest BCUT2D eigenvalue weighted by Gasteiger charge is -2.25. The highest BCUT2D eigenvalue weighted by molar-refractivity contribution is 7.80. The molecule has 0 aliphatic heterocycles. The predicted molar refractivity (Wildman–Crippen MR) is 84.5 cm³/mol. The summed E-state index contributed by atoms with van der Waals surface area (Å²) in [7, 11) is 0. The number of fused-ring (bicyclic) bond motifs is 2. The Balaban J connectivity index is 1.59. The van der Waals surface area contributed by atoms with Crippen molar-refractivity contribution in [3.05, 3.63) is 29.3 Å². The number of hydrogen-bond acceptors (Lipinski definition) is 1. The van der Waals surface area contributed by atoms with E-state index in [4.69, 9.17) is 12.2 Å². The number of hydrogen-bond donors (Lipinski definition) is 2. The number of anilines is 1.